The molecular weight excluding hydrogens is 514 g/mol. The van der Waals surface area contributed by atoms with E-state index in [9.17, 15) is 35.9 Å². The van der Waals surface area contributed by atoms with Gasteiger partial charge >= 0.3 is 12.4 Å². The number of H-pyrrole nitrogens is 1. The zero-order valence-electron chi connectivity index (χ0n) is 19.8. The summed E-state index contributed by atoms with van der Waals surface area (Å²) >= 11 is 0. The van der Waals surface area contributed by atoms with Crippen LogP contribution >= 0.6 is 0 Å². The minimum Gasteiger partial charge on any atom is -0.361 e. The zero-order valence-corrected chi connectivity index (χ0v) is 19.8. The molecular formula is C26H20F6N4O2. The van der Waals surface area contributed by atoms with Crippen LogP contribution in [0.5, 0.6) is 0 Å². The van der Waals surface area contributed by atoms with Crippen LogP contribution in [0.1, 0.15) is 28.7 Å². The zero-order chi connectivity index (χ0) is 27.4. The summed E-state index contributed by atoms with van der Waals surface area (Å²) in [4.78, 5) is 28.8. The molecule has 1 aliphatic rings. The number of benzene rings is 2. The van der Waals surface area contributed by atoms with Crippen LogP contribution in [0.3, 0.4) is 0 Å². The number of fused-ring (bicyclic) bond motifs is 2. The van der Waals surface area contributed by atoms with Crippen molar-refractivity contribution in [1.29, 1.82) is 0 Å². The van der Waals surface area contributed by atoms with Gasteiger partial charge in [-0.05, 0) is 56.4 Å². The molecule has 0 aliphatic carbocycles. The second kappa shape index (κ2) is 9.05. The molecule has 12 heteroatoms. The highest BCUT2D eigenvalue weighted by Crippen LogP contribution is 2.41. The van der Waals surface area contributed by atoms with Gasteiger partial charge in [0.25, 0.3) is 11.8 Å². The molecule has 0 bridgehead atoms. The van der Waals surface area contributed by atoms with E-state index in [1.807, 2.05) is 0 Å². The van der Waals surface area contributed by atoms with Gasteiger partial charge in [-0.2, -0.15) is 26.3 Å². The number of hydrogen-bond acceptors (Lipinski definition) is 3. The van der Waals surface area contributed by atoms with Crippen LogP contribution in [0.25, 0.3) is 33.0 Å². The van der Waals surface area contributed by atoms with Gasteiger partial charge in [0.2, 0.25) is 0 Å². The van der Waals surface area contributed by atoms with Crippen LogP contribution < -0.4 is 10.6 Å². The third kappa shape index (κ3) is 4.34. The SMILES string of the molecule is CNCCCn1cc(C2=C(c3c[nH]c4ccc(C(F)(F)F)cc34)C(=O)NC2=O)c2cc(C(F)(F)F)ccc21. The molecule has 3 heterocycles. The number of carbonyl (C=O) groups is 2. The van der Waals surface area contributed by atoms with E-state index in [0.29, 0.717) is 30.5 Å². The highest BCUT2D eigenvalue weighted by Gasteiger charge is 2.37. The lowest BCUT2D eigenvalue weighted by atomic mass is 9.94. The fourth-order valence-electron chi connectivity index (χ4n) is 4.76. The number of aromatic nitrogens is 2. The number of nitrogens with one attached hydrogen (secondary N) is 3. The molecule has 38 heavy (non-hydrogen) atoms. The molecule has 0 saturated carbocycles. The molecule has 0 spiro atoms. The quantitative estimate of drug-likeness (QED) is 0.178. The molecule has 1 aliphatic heterocycles. The van der Waals surface area contributed by atoms with E-state index >= 15 is 0 Å². The van der Waals surface area contributed by atoms with Gasteiger partial charge in [-0.3, -0.25) is 14.9 Å². The highest BCUT2D eigenvalue weighted by atomic mass is 19.4. The van der Waals surface area contributed by atoms with E-state index in [0.717, 1.165) is 24.3 Å². The Morgan fingerprint density at radius 1 is 0.842 bits per heavy atom. The minimum atomic E-state index is -4.66. The van der Waals surface area contributed by atoms with Crippen molar-refractivity contribution in [2.75, 3.05) is 13.6 Å². The number of amides is 2. The van der Waals surface area contributed by atoms with Crippen molar-refractivity contribution in [1.82, 2.24) is 20.2 Å². The molecule has 0 unspecified atom stereocenters. The first kappa shape index (κ1) is 25.6. The van der Waals surface area contributed by atoms with E-state index in [4.69, 9.17) is 0 Å². The first-order chi connectivity index (χ1) is 17.9. The molecule has 0 fully saturated rings. The van der Waals surface area contributed by atoms with Gasteiger partial charge in [0, 0.05) is 51.9 Å². The number of aromatic amines is 1. The summed E-state index contributed by atoms with van der Waals surface area (Å²) in [5.41, 5.74) is -1.48. The number of hydrogen-bond donors (Lipinski definition) is 3. The lowest BCUT2D eigenvalue weighted by molar-refractivity contribution is -0.138. The Kier molecular flexibility index (Phi) is 6.09. The molecule has 5 rings (SSSR count). The van der Waals surface area contributed by atoms with Crippen molar-refractivity contribution >= 4 is 44.8 Å². The first-order valence-corrected chi connectivity index (χ1v) is 11.5. The smallest absolute Gasteiger partial charge is 0.361 e. The van der Waals surface area contributed by atoms with E-state index in [1.165, 1.54) is 24.5 Å². The largest absolute Gasteiger partial charge is 0.416 e. The van der Waals surface area contributed by atoms with Crippen LogP contribution in [0.4, 0.5) is 26.3 Å². The highest BCUT2D eigenvalue weighted by molar-refractivity contribution is 6.50. The predicted octanol–water partition coefficient (Wildman–Crippen LogP) is 5.34. The average molecular weight is 534 g/mol. The monoisotopic (exact) mass is 534 g/mol. The maximum atomic E-state index is 13.6. The van der Waals surface area contributed by atoms with Crippen LogP contribution in [0, 0.1) is 0 Å². The predicted molar refractivity (Wildman–Crippen MR) is 129 cm³/mol. The maximum absolute atomic E-state index is 13.6. The lowest BCUT2D eigenvalue weighted by Crippen LogP contribution is -2.22. The van der Waals surface area contributed by atoms with E-state index in [2.05, 4.69) is 15.6 Å². The minimum absolute atomic E-state index is 0.0347. The van der Waals surface area contributed by atoms with Gasteiger partial charge in [-0.15, -0.1) is 0 Å². The number of carbonyl (C=O) groups excluding carboxylic acids is 2. The summed E-state index contributed by atoms with van der Waals surface area (Å²) < 4.78 is 82.6. The molecule has 0 radical (unpaired) electrons. The fraction of sp³-hybridized carbons (Fsp3) is 0.231. The van der Waals surface area contributed by atoms with Crippen molar-refractivity contribution in [3.05, 3.63) is 71.0 Å². The van der Waals surface area contributed by atoms with Crippen molar-refractivity contribution in [2.24, 2.45) is 0 Å². The molecule has 2 amide bonds. The van der Waals surface area contributed by atoms with Crippen molar-refractivity contribution in [3.8, 4) is 0 Å². The Bertz CT molecular complexity index is 1620. The van der Waals surface area contributed by atoms with Gasteiger partial charge in [-0.25, -0.2) is 0 Å². The first-order valence-electron chi connectivity index (χ1n) is 11.5. The van der Waals surface area contributed by atoms with E-state index in [1.54, 1.807) is 11.6 Å². The molecule has 198 valence electrons. The van der Waals surface area contributed by atoms with Crippen molar-refractivity contribution < 1.29 is 35.9 Å². The Labute approximate surface area is 211 Å². The standard InChI is InChI=1S/C26H20F6N4O2/c1-33-7-2-8-36-12-18(16-10-14(26(30,31)32)4-6-20(16)36)22-21(23(37)35-24(22)38)17-11-34-19-5-3-13(9-15(17)19)25(27,28)29/h3-6,9-12,33-34H,2,7-8H2,1H3,(H,35,37,38). The van der Waals surface area contributed by atoms with Crippen molar-refractivity contribution in [2.45, 2.75) is 25.3 Å². The van der Waals surface area contributed by atoms with E-state index < -0.39 is 35.3 Å². The number of aryl methyl sites for hydroxylation is 1. The second-order valence-electron chi connectivity index (χ2n) is 8.92. The summed E-state index contributed by atoms with van der Waals surface area (Å²) in [5, 5.41) is 5.28. The maximum Gasteiger partial charge on any atom is 0.416 e. The van der Waals surface area contributed by atoms with Gasteiger partial charge in [-0.1, -0.05) is 0 Å². The number of nitrogens with zero attached hydrogens (tertiary/aromatic N) is 1. The Hall–Kier alpha value is -4.06. The molecule has 0 saturated heterocycles. The van der Waals surface area contributed by atoms with Gasteiger partial charge in [0.05, 0.1) is 22.3 Å². The summed E-state index contributed by atoms with van der Waals surface area (Å²) in [6.07, 6.45) is -5.87. The Morgan fingerprint density at radius 3 is 2.08 bits per heavy atom. The topological polar surface area (TPSA) is 78.9 Å². The van der Waals surface area contributed by atoms with E-state index in [-0.39, 0.29) is 33.0 Å². The van der Waals surface area contributed by atoms with Crippen LogP contribution in [-0.2, 0) is 28.5 Å². The number of imide groups is 1. The number of halogens is 6. The summed E-state index contributed by atoms with van der Waals surface area (Å²) in [6.45, 7) is 1.03. The van der Waals surface area contributed by atoms with Gasteiger partial charge in [0.1, 0.15) is 0 Å². The van der Waals surface area contributed by atoms with Crippen LogP contribution in [0.2, 0.25) is 0 Å². The number of rotatable bonds is 6. The lowest BCUT2D eigenvalue weighted by Gasteiger charge is -2.09. The van der Waals surface area contributed by atoms with Crippen molar-refractivity contribution in [3.63, 3.8) is 0 Å². The second-order valence-corrected chi connectivity index (χ2v) is 8.92. The average Bonchev–Trinajstić information content (AvgIpc) is 3.50. The molecule has 3 N–H and O–H groups in total. The summed E-state index contributed by atoms with van der Waals surface area (Å²) in [5.74, 6) is -1.70. The summed E-state index contributed by atoms with van der Waals surface area (Å²) in [6, 6.07) is 6.11. The fourth-order valence-corrected chi connectivity index (χ4v) is 4.76. The normalized spacial score (nSPS) is 14.8. The van der Waals surface area contributed by atoms with Crippen LogP contribution in [-0.4, -0.2) is 35.0 Å². The molecule has 2 aromatic heterocycles. The number of alkyl halides is 6. The van der Waals surface area contributed by atoms with Gasteiger partial charge < -0.3 is 14.9 Å². The third-order valence-electron chi connectivity index (χ3n) is 6.51. The Morgan fingerprint density at radius 2 is 1.45 bits per heavy atom. The molecule has 6 nitrogen and oxygen atoms in total. The summed E-state index contributed by atoms with van der Waals surface area (Å²) in [7, 11) is 1.76. The third-order valence-corrected chi connectivity index (χ3v) is 6.51. The molecule has 2 aromatic carbocycles. The molecule has 0 atom stereocenters. The molecule has 4 aromatic rings. The Balaban J connectivity index is 1.78. The van der Waals surface area contributed by atoms with Crippen LogP contribution in [0.15, 0.2) is 48.8 Å². The van der Waals surface area contributed by atoms with Gasteiger partial charge in [0.15, 0.2) is 0 Å².